The SMILES string of the molecule is COc1cc(OC)c2c(=O)cc(-c3ccc(N(C)C)cc3Cl)oc2c1[C@@H]1CCN(C)[C@H]1CO. The van der Waals surface area contributed by atoms with Crippen LogP contribution in [0.1, 0.15) is 17.9 Å². The Morgan fingerprint density at radius 1 is 1.18 bits per heavy atom. The second kappa shape index (κ2) is 9.25. The number of likely N-dealkylation sites (N-methyl/N-ethyl adjacent to an activating group) is 1. The van der Waals surface area contributed by atoms with Crippen LogP contribution in [-0.4, -0.2) is 64.6 Å². The molecule has 2 atom stereocenters. The van der Waals surface area contributed by atoms with E-state index >= 15 is 0 Å². The fourth-order valence-corrected chi connectivity index (χ4v) is 4.97. The molecule has 7 nitrogen and oxygen atoms in total. The van der Waals surface area contributed by atoms with Crippen molar-refractivity contribution in [2.75, 3.05) is 53.4 Å². The minimum Gasteiger partial charge on any atom is -0.496 e. The van der Waals surface area contributed by atoms with Crippen LogP contribution in [0.3, 0.4) is 0 Å². The van der Waals surface area contributed by atoms with Crippen molar-refractivity contribution in [3.8, 4) is 22.8 Å². The van der Waals surface area contributed by atoms with Crippen molar-refractivity contribution in [3.05, 3.63) is 51.1 Å². The van der Waals surface area contributed by atoms with Crippen LogP contribution in [0.4, 0.5) is 5.69 Å². The topological polar surface area (TPSA) is 75.4 Å². The van der Waals surface area contributed by atoms with Crippen LogP contribution >= 0.6 is 11.6 Å². The Labute approximate surface area is 198 Å². The van der Waals surface area contributed by atoms with Gasteiger partial charge in [-0.3, -0.25) is 4.79 Å². The normalized spacial score (nSPS) is 18.6. The number of rotatable bonds is 6. The number of nitrogens with zero attached hydrogens (tertiary/aromatic N) is 2. The van der Waals surface area contributed by atoms with Crippen LogP contribution in [0.25, 0.3) is 22.3 Å². The summed E-state index contributed by atoms with van der Waals surface area (Å²) in [6.45, 7) is 0.800. The van der Waals surface area contributed by atoms with Crippen molar-refractivity contribution in [2.45, 2.75) is 18.4 Å². The highest BCUT2D eigenvalue weighted by Crippen LogP contribution is 2.45. The molecule has 4 rings (SSSR count). The number of aliphatic hydroxyl groups excluding tert-OH is 1. The van der Waals surface area contributed by atoms with E-state index in [9.17, 15) is 9.90 Å². The molecule has 0 spiro atoms. The molecular formula is C25H29ClN2O5. The van der Waals surface area contributed by atoms with Gasteiger partial charge in [0.2, 0.25) is 0 Å². The Kier molecular flexibility index (Phi) is 6.56. The monoisotopic (exact) mass is 472 g/mol. The van der Waals surface area contributed by atoms with Gasteiger partial charge in [0.25, 0.3) is 0 Å². The van der Waals surface area contributed by atoms with E-state index in [1.165, 1.54) is 13.2 Å². The van der Waals surface area contributed by atoms with Crippen LogP contribution in [0, 0.1) is 0 Å². The molecule has 2 aromatic carbocycles. The summed E-state index contributed by atoms with van der Waals surface area (Å²) in [7, 11) is 8.94. The number of likely N-dealkylation sites (tertiary alicyclic amines) is 1. The minimum atomic E-state index is -0.230. The lowest BCUT2D eigenvalue weighted by Gasteiger charge is -2.25. The van der Waals surface area contributed by atoms with E-state index in [0.29, 0.717) is 38.8 Å². The predicted molar refractivity (Wildman–Crippen MR) is 131 cm³/mol. The number of halogens is 1. The van der Waals surface area contributed by atoms with Gasteiger partial charge in [-0.2, -0.15) is 0 Å². The second-order valence-electron chi connectivity index (χ2n) is 8.56. The summed E-state index contributed by atoms with van der Waals surface area (Å²) >= 11 is 6.58. The molecule has 1 saturated heterocycles. The van der Waals surface area contributed by atoms with E-state index in [4.69, 9.17) is 25.5 Å². The number of anilines is 1. The second-order valence-corrected chi connectivity index (χ2v) is 8.97. The zero-order valence-electron chi connectivity index (χ0n) is 19.5. The lowest BCUT2D eigenvalue weighted by molar-refractivity contribution is 0.171. The van der Waals surface area contributed by atoms with E-state index in [0.717, 1.165) is 24.2 Å². The molecule has 0 bridgehead atoms. The number of methoxy groups -OCH3 is 2. The van der Waals surface area contributed by atoms with Gasteiger partial charge in [0.15, 0.2) is 5.43 Å². The Balaban J connectivity index is 2.02. The van der Waals surface area contributed by atoms with Crippen LogP contribution < -0.4 is 19.8 Å². The summed E-state index contributed by atoms with van der Waals surface area (Å²) in [5.74, 6) is 1.24. The van der Waals surface area contributed by atoms with Crippen molar-refractivity contribution in [1.29, 1.82) is 0 Å². The highest BCUT2D eigenvalue weighted by Gasteiger charge is 2.37. The fourth-order valence-electron chi connectivity index (χ4n) is 4.70. The Morgan fingerprint density at radius 2 is 1.91 bits per heavy atom. The summed E-state index contributed by atoms with van der Waals surface area (Å²) in [4.78, 5) is 17.4. The van der Waals surface area contributed by atoms with Crippen LogP contribution in [0.5, 0.6) is 11.5 Å². The zero-order chi connectivity index (χ0) is 23.9. The molecule has 33 heavy (non-hydrogen) atoms. The third-order valence-corrected chi connectivity index (χ3v) is 6.83. The van der Waals surface area contributed by atoms with Crippen molar-refractivity contribution in [1.82, 2.24) is 4.90 Å². The average Bonchev–Trinajstić information content (AvgIpc) is 3.17. The Morgan fingerprint density at radius 3 is 2.52 bits per heavy atom. The molecule has 1 N–H and O–H groups in total. The molecule has 3 aromatic rings. The molecule has 1 aliphatic heterocycles. The molecule has 1 aromatic heterocycles. The van der Waals surface area contributed by atoms with E-state index in [-0.39, 0.29) is 24.0 Å². The number of ether oxygens (including phenoxy) is 2. The highest BCUT2D eigenvalue weighted by molar-refractivity contribution is 6.33. The molecule has 8 heteroatoms. The molecule has 0 aliphatic carbocycles. The van der Waals surface area contributed by atoms with Crippen LogP contribution in [-0.2, 0) is 0 Å². The molecule has 0 radical (unpaired) electrons. The molecule has 1 aliphatic rings. The van der Waals surface area contributed by atoms with Gasteiger partial charge < -0.3 is 28.8 Å². The van der Waals surface area contributed by atoms with Gasteiger partial charge in [0.1, 0.15) is 28.2 Å². The third kappa shape index (κ3) is 4.05. The molecule has 0 amide bonds. The standard InChI is InChI=1S/C25H29ClN2O5/c1-27(2)14-6-7-15(17(26)10-14)20-11-19(30)24-22(32-5)12-21(31-4)23(25(24)33-20)16-8-9-28(3)18(16)13-29/h6-7,10-12,16,18,29H,8-9,13H2,1-5H3/t16-,18+/m1/s1. The number of hydrogen-bond donors (Lipinski definition) is 1. The first kappa shape index (κ1) is 23.4. The molecule has 176 valence electrons. The Hall–Kier alpha value is -2.74. The lowest BCUT2D eigenvalue weighted by atomic mass is 9.89. The van der Waals surface area contributed by atoms with E-state index in [1.54, 1.807) is 13.2 Å². The first-order valence-electron chi connectivity index (χ1n) is 10.8. The van der Waals surface area contributed by atoms with Crippen molar-refractivity contribution in [3.63, 3.8) is 0 Å². The largest absolute Gasteiger partial charge is 0.496 e. The van der Waals surface area contributed by atoms with Crippen LogP contribution in [0.2, 0.25) is 5.02 Å². The van der Waals surface area contributed by atoms with Crippen molar-refractivity contribution >= 4 is 28.3 Å². The maximum atomic E-state index is 13.3. The molecule has 2 heterocycles. The van der Waals surface area contributed by atoms with Gasteiger partial charge in [-0.05, 0) is 38.2 Å². The van der Waals surface area contributed by atoms with Gasteiger partial charge in [-0.25, -0.2) is 0 Å². The van der Waals surface area contributed by atoms with Gasteiger partial charge in [0.05, 0.1) is 25.8 Å². The summed E-state index contributed by atoms with van der Waals surface area (Å²) < 4.78 is 17.6. The van der Waals surface area contributed by atoms with Gasteiger partial charge >= 0.3 is 0 Å². The maximum Gasteiger partial charge on any atom is 0.197 e. The number of aliphatic hydroxyl groups is 1. The first-order chi connectivity index (χ1) is 15.8. The quantitative estimate of drug-likeness (QED) is 0.581. The number of fused-ring (bicyclic) bond motifs is 1. The fraction of sp³-hybridized carbons (Fsp3) is 0.400. The summed E-state index contributed by atoms with van der Waals surface area (Å²) in [5.41, 5.74) is 2.50. The summed E-state index contributed by atoms with van der Waals surface area (Å²) in [6.07, 6.45) is 0.797. The Bertz CT molecular complexity index is 1240. The van der Waals surface area contributed by atoms with Gasteiger partial charge in [-0.1, -0.05) is 11.6 Å². The summed E-state index contributed by atoms with van der Waals surface area (Å²) in [5, 5.41) is 10.9. The van der Waals surface area contributed by atoms with Crippen molar-refractivity contribution < 1.29 is 19.0 Å². The van der Waals surface area contributed by atoms with Gasteiger partial charge in [-0.15, -0.1) is 0 Å². The lowest BCUT2D eigenvalue weighted by Crippen LogP contribution is -2.32. The first-order valence-corrected chi connectivity index (χ1v) is 11.2. The number of hydrogen-bond acceptors (Lipinski definition) is 7. The van der Waals surface area contributed by atoms with E-state index < -0.39 is 0 Å². The minimum absolute atomic E-state index is 0.0143. The predicted octanol–water partition coefficient (Wildman–Crippen LogP) is 3.98. The van der Waals surface area contributed by atoms with Gasteiger partial charge in [0, 0.05) is 55.0 Å². The highest BCUT2D eigenvalue weighted by atomic mass is 35.5. The average molecular weight is 473 g/mol. The molecule has 1 fully saturated rings. The van der Waals surface area contributed by atoms with Crippen LogP contribution in [0.15, 0.2) is 39.5 Å². The zero-order valence-corrected chi connectivity index (χ0v) is 20.3. The van der Waals surface area contributed by atoms with Crippen molar-refractivity contribution in [2.24, 2.45) is 0 Å². The molecule has 0 saturated carbocycles. The maximum absolute atomic E-state index is 13.3. The number of benzene rings is 2. The third-order valence-electron chi connectivity index (χ3n) is 6.52. The van der Waals surface area contributed by atoms with E-state index in [2.05, 4.69) is 4.90 Å². The molecule has 0 unspecified atom stereocenters. The summed E-state index contributed by atoms with van der Waals surface area (Å²) in [6, 6.07) is 8.65. The van der Waals surface area contributed by atoms with E-state index in [1.807, 2.05) is 44.2 Å². The molecular weight excluding hydrogens is 444 g/mol. The smallest absolute Gasteiger partial charge is 0.197 e.